The first kappa shape index (κ1) is 14.4. The number of para-hydroxylation sites is 1. The van der Waals surface area contributed by atoms with Crippen molar-refractivity contribution in [1.82, 2.24) is 9.88 Å². The van der Waals surface area contributed by atoms with Gasteiger partial charge in [-0.15, -0.1) is 6.58 Å². The lowest BCUT2D eigenvalue weighted by Crippen LogP contribution is -2.46. The number of H-pyrrole nitrogens is 1. The molecule has 2 rings (SSSR count). The molecule has 0 unspecified atom stereocenters. The molecule has 0 spiro atoms. The summed E-state index contributed by atoms with van der Waals surface area (Å²) in [6.45, 7) is 10.5. The van der Waals surface area contributed by atoms with Gasteiger partial charge in [-0.2, -0.15) is 0 Å². The first-order valence-electron chi connectivity index (χ1n) is 6.90. The Morgan fingerprint density at radius 3 is 2.70 bits per heavy atom. The molecule has 3 nitrogen and oxygen atoms in total. The molecule has 1 aromatic carbocycles. The van der Waals surface area contributed by atoms with E-state index in [-0.39, 0.29) is 11.4 Å². The fourth-order valence-electron chi connectivity index (χ4n) is 2.42. The molecule has 3 heteroatoms. The Morgan fingerprint density at radius 2 is 2.05 bits per heavy atom. The van der Waals surface area contributed by atoms with Crippen LogP contribution in [0.15, 0.2) is 43.1 Å². The third kappa shape index (κ3) is 2.93. The highest BCUT2D eigenvalue weighted by Crippen LogP contribution is 2.21. The monoisotopic (exact) mass is 270 g/mol. The van der Waals surface area contributed by atoms with Crippen molar-refractivity contribution in [2.24, 2.45) is 0 Å². The van der Waals surface area contributed by atoms with E-state index >= 15 is 0 Å². The van der Waals surface area contributed by atoms with E-state index in [0.29, 0.717) is 13.0 Å². The van der Waals surface area contributed by atoms with Crippen molar-refractivity contribution in [1.29, 1.82) is 0 Å². The smallest absolute Gasteiger partial charge is 0.227 e. The van der Waals surface area contributed by atoms with E-state index in [4.69, 9.17) is 0 Å². The predicted octanol–water partition coefficient (Wildman–Crippen LogP) is 3.52. The van der Waals surface area contributed by atoms with Gasteiger partial charge in [0, 0.05) is 29.2 Å². The number of hydrogen-bond acceptors (Lipinski definition) is 1. The summed E-state index contributed by atoms with van der Waals surface area (Å²) < 4.78 is 0. The van der Waals surface area contributed by atoms with Crippen molar-refractivity contribution < 1.29 is 4.79 Å². The first-order chi connectivity index (χ1) is 9.43. The molecule has 0 radical (unpaired) electrons. The number of carbonyl (C=O) groups excluding carboxylic acids is 1. The van der Waals surface area contributed by atoms with E-state index < -0.39 is 0 Å². The van der Waals surface area contributed by atoms with Crippen LogP contribution >= 0.6 is 0 Å². The van der Waals surface area contributed by atoms with Gasteiger partial charge in [0.2, 0.25) is 5.91 Å². The summed E-state index contributed by atoms with van der Waals surface area (Å²) in [5.74, 6) is 0.127. The average molecular weight is 270 g/mol. The van der Waals surface area contributed by atoms with Crippen LogP contribution in [0.2, 0.25) is 0 Å². The predicted molar refractivity (Wildman–Crippen MR) is 83.7 cm³/mol. The van der Waals surface area contributed by atoms with Crippen molar-refractivity contribution in [3.8, 4) is 0 Å². The van der Waals surface area contributed by atoms with E-state index in [1.54, 1.807) is 6.08 Å². The molecule has 0 atom stereocenters. The fourth-order valence-corrected chi connectivity index (χ4v) is 2.42. The maximum atomic E-state index is 12.6. The highest BCUT2D eigenvalue weighted by Gasteiger charge is 2.25. The topological polar surface area (TPSA) is 36.1 Å². The van der Waals surface area contributed by atoms with E-state index in [9.17, 15) is 4.79 Å². The average Bonchev–Trinajstić information content (AvgIpc) is 2.78. The fraction of sp³-hybridized carbons (Fsp3) is 0.353. The van der Waals surface area contributed by atoms with E-state index in [1.165, 1.54) is 0 Å². The molecule has 2 aromatic rings. The number of rotatable bonds is 4. The Morgan fingerprint density at radius 1 is 1.35 bits per heavy atom. The number of nitrogens with zero attached hydrogens (tertiary/aromatic N) is 1. The number of benzene rings is 1. The molecule has 0 aliphatic heterocycles. The van der Waals surface area contributed by atoms with Crippen molar-refractivity contribution in [3.63, 3.8) is 0 Å². The first-order valence-corrected chi connectivity index (χ1v) is 6.90. The summed E-state index contributed by atoms with van der Waals surface area (Å²) in [6.07, 6.45) is 4.12. The highest BCUT2D eigenvalue weighted by molar-refractivity contribution is 5.89. The van der Waals surface area contributed by atoms with Gasteiger partial charge in [-0.25, -0.2) is 0 Å². The molecule has 0 aliphatic carbocycles. The molecule has 20 heavy (non-hydrogen) atoms. The van der Waals surface area contributed by atoms with Crippen molar-refractivity contribution in [2.45, 2.75) is 32.7 Å². The second kappa shape index (κ2) is 5.53. The van der Waals surface area contributed by atoms with Crippen LogP contribution in [0.3, 0.4) is 0 Å². The largest absolute Gasteiger partial charge is 0.361 e. The minimum absolute atomic E-state index is 0.127. The number of amides is 1. The third-order valence-electron chi connectivity index (χ3n) is 3.44. The minimum Gasteiger partial charge on any atom is -0.361 e. The van der Waals surface area contributed by atoms with E-state index in [1.807, 2.05) is 56.1 Å². The Hall–Kier alpha value is -2.03. The number of hydrogen-bond donors (Lipinski definition) is 1. The van der Waals surface area contributed by atoms with E-state index in [0.717, 1.165) is 16.5 Å². The van der Waals surface area contributed by atoms with Gasteiger partial charge in [-0.3, -0.25) is 4.79 Å². The van der Waals surface area contributed by atoms with E-state index in [2.05, 4.69) is 11.6 Å². The highest BCUT2D eigenvalue weighted by atomic mass is 16.2. The summed E-state index contributed by atoms with van der Waals surface area (Å²) in [5, 5.41) is 1.12. The lowest BCUT2D eigenvalue weighted by molar-refractivity contribution is -0.134. The van der Waals surface area contributed by atoms with Crippen LogP contribution in [0.4, 0.5) is 0 Å². The zero-order valence-electron chi connectivity index (χ0n) is 12.4. The van der Waals surface area contributed by atoms with Gasteiger partial charge in [0.25, 0.3) is 0 Å². The molecule has 1 N–H and O–H groups in total. The second-order valence-corrected chi connectivity index (χ2v) is 6.00. The number of aromatic nitrogens is 1. The number of fused-ring (bicyclic) bond motifs is 1. The molecule has 106 valence electrons. The second-order valence-electron chi connectivity index (χ2n) is 6.00. The maximum Gasteiger partial charge on any atom is 0.227 e. The van der Waals surface area contributed by atoms with Gasteiger partial charge in [-0.1, -0.05) is 24.3 Å². The van der Waals surface area contributed by atoms with Gasteiger partial charge in [0.05, 0.1) is 6.42 Å². The zero-order valence-corrected chi connectivity index (χ0v) is 12.4. The third-order valence-corrected chi connectivity index (χ3v) is 3.44. The lowest BCUT2D eigenvalue weighted by Gasteiger charge is -2.35. The number of carbonyl (C=O) groups is 1. The van der Waals surface area contributed by atoms with Crippen molar-refractivity contribution in [2.75, 3.05) is 6.54 Å². The van der Waals surface area contributed by atoms with Gasteiger partial charge < -0.3 is 9.88 Å². The van der Waals surface area contributed by atoms with Gasteiger partial charge in [0.15, 0.2) is 0 Å². The number of nitrogens with one attached hydrogen (secondary N) is 1. The summed E-state index contributed by atoms with van der Waals surface area (Å²) in [6, 6.07) is 8.05. The van der Waals surface area contributed by atoms with Crippen LogP contribution in [0, 0.1) is 0 Å². The van der Waals surface area contributed by atoms with Crippen LogP contribution in [0.25, 0.3) is 10.9 Å². The van der Waals surface area contributed by atoms with Crippen molar-refractivity contribution in [3.05, 3.63) is 48.7 Å². The molecular formula is C17H22N2O. The zero-order chi connectivity index (χ0) is 14.8. The lowest BCUT2D eigenvalue weighted by atomic mass is 10.0. The SMILES string of the molecule is C=CCN(C(=O)Cc1c[nH]c2ccccc12)C(C)(C)C. The molecular weight excluding hydrogens is 248 g/mol. The van der Waals surface area contributed by atoms with Crippen LogP contribution in [-0.4, -0.2) is 27.9 Å². The maximum absolute atomic E-state index is 12.6. The van der Waals surface area contributed by atoms with Crippen LogP contribution < -0.4 is 0 Å². The van der Waals surface area contributed by atoms with Gasteiger partial charge in [-0.05, 0) is 32.4 Å². The molecule has 0 saturated carbocycles. The molecule has 0 fully saturated rings. The van der Waals surface area contributed by atoms with Gasteiger partial charge in [0.1, 0.15) is 0 Å². The van der Waals surface area contributed by atoms with Crippen LogP contribution in [-0.2, 0) is 11.2 Å². The van der Waals surface area contributed by atoms with Crippen LogP contribution in [0.5, 0.6) is 0 Å². The normalized spacial score (nSPS) is 11.6. The minimum atomic E-state index is -0.197. The Balaban J connectivity index is 2.24. The summed E-state index contributed by atoms with van der Waals surface area (Å²) in [5.41, 5.74) is 1.92. The van der Waals surface area contributed by atoms with Crippen LogP contribution in [0.1, 0.15) is 26.3 Å². The number of aromatic amines is 1. The van der Waals surface area contributed by atoms with Crippen molar-refractivity contribution >= 4 is 16.8 Å². The standard InChI is InChI=1S/C17H22N2O/c1-5-10-19(17(2,3)4)16(20)11-13-12-18-15-9-7-6-8-14(13)15/h5-9,12,18H,1,10-11H2,2-4H3. The molecule has 0 bridgehead atoms. The quantitative estimate of drug-likeness (QED) is 0.848. The Labute approximate surface area is 120 Å². The molecule has 0 aliphatic rings. The molecule has 0 saturated heterocycles. The van der Waals surface area contributed by atoms with Gasteiger partial charge >= 0.3 is 0 Å². The summed E-state index contributed by atoms with van der Waals surface area (Å²) in [7, 11) is 0. The summed E-state index contributed by atoms with van der Waals surface area (Å²) >= 11 is 0. The molecule has 1 aromatic heterocycles. The Kier molecular flexibility index (Phi) is 3.98. The summed E-state index contributed by atoms with van der Waals surface area (Å²) in [4.78, 5) is 17.6. The molecule has 1 amide bonds. The molecule has 1 heterocycles. The Bertz CT molecular complexity index is 619.